The van der Waals surface area contributed by atoms with E-state index in [1.807, 2.05) is 26.8 Å². The van der Waals surface area contributed by atoms with Crippen molar-refractivity contribution in [1.82, 2.24) is 4.90 Å². The van der Waals surface area contributed by atoms with E-state index in [1.54, 1.807) is 7.11 Å². The van der Waals surface area contributed by atoms with Crippen molar-refractivity contribution in [3.05, 3.63) is 23.3 Å². The molecule has 4 fully saturated rings. The number of carbonyl (C=O) groups excluding carboxylic acids is 1. The predicted molar refractivity (Wildman–Crippen MR) is 145 cm³/mol. The molecule has 1 aromatic carbocycles. The number of aliphatic hydroxyl groups is 1. The molecule has 2 bridgehead atoms. The van der Waals surface area contributed by atoms with Gasteiger partial charge in [0.1, 0.15) is 12.2 Å². The number of likely N-dealkylation sites (tertiary alicyclic amines) is 1. The minimum Gasteiger partial charge on any atom is -0.483 e. The van der Waals surface area contributed by atoms with Crippen LogP contribution in [0.15, 0.2) is 12.1 Å². The molecule has 3 N–H and O–H groups in total. The Morgan fingerprint density at radius 3 is 2.55 bits per heavy atom. The van der Waals surface area contributed by atoms with Crippen LogP contribution < -0.4 is 15.2 Å². The average molecular weight is 527 g/mol. The molecular formula is C31H46N2O5. The van der Waals surface area contributed by atoms with Gasteiger partial charge >= 0.3 is 6.09 Å². The maximum Gasteiger partial charge on any atom is 0.410 e. The first kappa shape index (κ1) is 26.4. The summed E-state index contributed by atoms with van der Waals surface area (Å²) in [6, 6.07) is 4.47. The third kappa shape index (κ3) is 3.27. The first-order valence-electron chi connectivity index (χ1n) is 14.7. The van der Waals surface area contributed by atoms with Gasteiger partial charge in [0.2, 0.25) is 0 Å². The van der Waals surface area contributed by atoms with Crippen LogP contribution in [0.2, 0.25) is 0 Å². The second-order valence-electron chi connectivity index (χ2n) is 14.0. The van der Waals surface area contributed by atoms with Gasteiger partial charge in [0, 0.05) is 48.6 Å². The molecule has 1 aromatic rings. The quantitative estimate of drug-likeness (QED) is 0.580. The summed E-state index contributed by atoms with van der Waals surface area (Å²) in [5.74, 6) is 2.19. The van der Waals surface area contributed by atoms with Crippen LogP contribution in [0.25, 0.3) is 0 Å². The molecular weight excluding hydrogens is 480 g/mol. The van der Waals surface area contributed by atoms with E-state index in [2.05, 4.69) is 31.7 Å². The molecule has 2 aliphatic heterocycles. The van der Waals surface area contributed by atoms with Crippen LogP contribution in [-0.2, 0) is 16.6 Å². The molecule has 7 heteroatoms. The molecule has 2 spiro atoms. The number of hydrogen-bond acceptors (Lipinski definition) is 6. The molecule has 2 heterocycles. The van der Waals surface area contributed by atoms with Gasteiger partial charge in [-0.3, -0.25) is 4.90 Å². The van der Waals surface area contributed by atoms with Crippen molar-refractivity contribution in [2.24, 2.45) is 34.3 Å². The third-order valence-corrected chi connectivity index (χ3v) is 11.3. The number of fused-ring (bicyclic) bond motifs is 1. The van der Waals surface area contributed by atoms with Crippen molar-refractivity contribution in [2.45, 2.75) is 103 Å². The lowest BCUT2D eigenvalue weighted by molar-refractivity contribution is -0.191. The Bertz CT molecular complexity index is 1140. The Morgan fingerprint density at radius 2 is 1.95 bits per heavy atom. The van der Waals surface area contributed by atoms with Gasteiger partial charge in [0.05, 0.1) is 5.60 Å². The standard InChI is InChI=1S/C29H40N2O5.C2H6/c1-26(2,3)27(4,33)17-10-18-23-28(14-31(23)12-15-6-7-15)11-16-8-9-19(35-25(30)32)22-20(16)29(18,13-28)24(36-22)21(17)34-5;1-2/h8-9,15,17-18,21,23-24,33H,6-7,10-14H2,1-5H3,(H2,30,32);1-2H3/t17?,18?,21?,23?,24-,27+,28?,29?;/m0./s1. The molecule has 8 atom stereocenters. The number of amides is 1. The number of methoxy groups -OCH3 is 1. The van der Waals surface area contributed by atoms with Crippen molar-refractivity contribution in [3.8, 4) is 11.5 Å². The topological polar surface area (TPSA) is 94.3 Å². The fourth-order valence-electron chi connectivity index (χ4n) is 9.36. The van der Waals surface area contributed by atoms with E-state index in [1.165, 1.54) is 30.5 Å². The summed E-state index contributed by atoms with van der Waals surface area (Å²) in [5, 5.41) is 12.0. The lowest BCUT2D eigenvalue weighted by Gasteiger charge is -2.58. The monoisotopic (exact) mass is 526 g/mol. The van der Waals surface area contributed by atoms with Crippen LogP contribution in [0.3, 0.4) is 0 Å². The Morgan fingerprint density at radius 1 is 1.24 bits per heavy atom. The van der Waals surface area contributed by atoms with Crippen molar-refractivity contribution in [2.75, 3.05) is 20.2 Å². The van der Waals surface area contributed by atoms with Gasteiger partial charge in [-0.2, -0.15) is 0 Å². The highest BCUT2D eigenvalue weighted by atomic mass is 16.6. The summed E-state index contributed by atoms with van der Waals surface area (Å²) >= 11 is 0. The zero-order chi connectivity index (χ0) is 27.4. The Balaban J connectivity index is 0.00000129. The lowest BCUT2D eigenvalue weighted by atomic mass is 9.53. The summed E-state index contributed by atoms with van der Waals surface area (Å²) < 4.78 is 18.6. The van der Waals surface area contributed by atoms with E-state index in [4.69, 9.17) is 19.9 Å². The fraction of sp³-hybridized carbons (Fsp3) is 0.774. The molecule has 6 aliphatic rings. The second kappa shape index (κ2) is 8.34. The second-order valence-corrected chi connectivity index (χ2v) is 14.0. The number of ether oxygens (including phenoxy) is 3. The Kier molecular flexibility index (Phi) is 5.79. The molecule has 6 unspecified atom stereocenters. The highest BCUT2D eigenvalue weighted by Gasteiger charge is 2.79. The van der Waals surface area contributed by atoms with Gasteiger partial charge in [-0.1, -0.05) is 40.7 Å². The minimum absolute atomic E-state index is 0.0822. The van der Waals surface area contributed by atoms with Gasteiger partial charge in [-0.25, -0.2) is 4.79 Å². The highest BCUT2D eigenvalue weighted by Crippen LogP contribution is 2.75. The first-order valence-corrected chi connectivity index (χ1v) is 14.7. The van der Waals surface area contributed by atoms with Gasteiger partial charge < -0.3 is 25.1 Å². The van der Waals surface area contributed by atoms with Crippen LogP contribution in [0.1, 0.15) is 78.4 Å². The third-order valence-electron chi connectivity index (χ3n) is 11.3. The number of benzene rings is 1. The van der Waals surface area contributed by atoms with Gasteiger partial charge in [-0.15, -0.1) is 0 Å². The molecule has 0 aromatic heterocycles. The number of rotatable bonds is 5. The molecule has 7 rings (SSSR count). The van der Waals surface area contributed by atoms with Crippen LogP contribution in [0, 0.1) is 28.6 Å². The van der Waals surface area contributed by atoms with Crippen LogP contribution in [-0.4, -0.2) is 60.1 Å². The molecule has 3 saturated carbocycles. The SMILES string of the molecule is CC.COC1C([C@@](C)(O)C(C)(C)C)CC2C3N(CC4CC4)CC34Cc3ccc(OC(N)=O)c5c3C2(C4)[C@H]1O5. The molecule has 1 amide bonds. The fourth-order valence-corrected chi connectivity index (χ4v) is 9.36. The maximum absolute atomic E-state index is 12.0. The number of primary amides is 1. The molecule has 38 heavy (non-hydrogen) atoms. The zero-order valence-corrected chi connectivity index (χ0v) is 24.2. The molecule has 0 radical (unpaired) electrons. The van der Waals surface area contributed by atoms with Crippen molar-refractivity contribution in [1.29, 1.82) is 0 Å². The molecule has 4 aliphatic carbocycles. The largest absolute Gasteiger partial charge is 0.483 e. The maximum atomic E-state index is 12.0. The molecule has 210 valence electrons. The summed E-state index contributed by atoms with van der Waals surface area (Å²) in [4.78, 5) is 14.5. The lowest BCUT2D eigenvalue weighted by Crippen LogP contribution is -2.67. The van der Waals surface area contributed by atoms with Gasteiger partial charge in [0.15, 0.2) is 11.5 Å². The minimum atomic E-state index is -0.947. The van der Waals surface area contributed by atoms with E-state index in [0.717, 1.165) is 31.7 Å². The number of carbonyl (C=O) groups is 1. The molecule has 1 saturated heterocycles. The smallest absolute Gasteiger partial charge is 0.410 e. The van der Waals surface area contributed by atoms with Gasteiger partial charge in [0.25, 0.3) is 0 Å². The van der Waals surface area contributed by atoms with Crippen molar-refractivity contribution in [3.63, 3.8) is 0 Å². The van der Waals surface area contributed by atoms with E-state index >= 15 is 0 Å². The summed E-state index contributed by atoms with van der Waals surface area (Å²) in [6.07, 6.45) is 4.36. The Hall–Kier alpha value is -1.83. The van der Waals surface area contributed by atoms with Crippen molar-refractivity contribution < 1.29 is 24.1 Å². The van der Waals surface area contributed by atoms with E-state index in [0.29, 0.717) is 23.5 Å². The summed E-state index contributed by atoms with van der Waals surface area (Å²) in [7, 11) is 1.75. The number of nitrogens with two attached hydrogens (primary N) is 1. The predicted octanol–water partition coefficient (Wildman–Crippen LogP) is 4.66. The van der Waals surface area contributed by atoms with E-state index in [9.17, 15) is 9.90 Å². The normalized spacial score (nSPS) is 39.5. The first-order chi connectivity index (χ1) is 17.9. The van der Waals surface area contributed by atoms with Crippen LogP contribution in [0.5, 0.6) is 11.5 Å². The Labute approximate surface area is 227 Å². The van der Waals surface area contributed by atoms with E-state index < -0.39 is 11.7 Å². The highest BCUT2D eigenvalue weighted by molar-refractivity contribution is 5.72. The van der Waals surface area contributed by atoms with Crippen LogP contribution >= 0.6 is 0 Å². The number of nitrogens with zero attached hydrogens (tertiary/aromatic N) is 1. The van der Waals surface area contributed by atoms with E-state index in [-0.39, 0.29) is 34.4 Å². The summed E-state index contributed by atoms with van der Waals surface area (Å²) in [6.45, 7) is 14.7. The van der Waals surface area contributed by atoms with Crippen molar-refractivity contribution >= 4 is 6.09 Å². The summed E-state index contributed by atoms with van der Waals surface area (Å²) in [5.41, 5.74) is 6.75. The zero-order valence-electron chi connectivity index (χ0n) is 24.2. The van der Waals surface area contributed by atoms with Crippen LogP contribution in [0.4, 0.5) is 4.79 Å². The number of hydrogen-bond donors (Lipinski definition) is 2. The molecule has 7 nitrogen and oxygen atoms in total. The average Bonchev–Trinajstić information content (AvgIpc) is 3.55. The van der Waals surface area contributed by atoms with Gasteiger partial charge in [-0.05, 0) is 67.9 Å².